The highest BCUT2D eigenvalue weighted by Crippen LogP contribution is 2.25. The summed E-state index contributed by atoms with van der Waals surface area (Å²) in [6.07, 6.45) is 2.46. The lowest BCUT2D eigenvalue weighted by Gasteiger charge is -2.06. The minimum Gasteiger partial charge on any atom is -0.319 e. The van der Waals surface area contributed by atoms with Gasteiger partial charge in [0.05, 0.1) is 6.20 Å². The average molecular weight is 251 g/mol. The Hall–Kier alpha value is -1.75. The predicted molar refractivity (Wildman–Crippen MR) is 66.2 cm³/mol. The zero-order chi connectivity index (χ0) is 13.1. The molecule has 0 saturated carbocycles. The van der Waals surface area contributed by atoms with Crippen LogP contribution < -0.4 is 5.32 Å². The Bertz CT molecular complexity index is 549. The first kappa shape index (κ1) is 12.7. The van der Waals surface area contributed by atoms with Gasteiger partial charge in [0, 0.05) is 31.3 Å². The lowest BCUT2D eigenvalue weighted by atomic mass is 10.0. The van der Waals surface area contributed by atoms with E-state index in [2.05, 4.69) is 10.4 Å². The van der Waals surface area contributed by atoms with Crippen molar-refractivity contribution in [2.45, 2.75) is 6.42 Å². The summed E-state index contributed by atoms with van der Waals surface area (Å²) in [5.41, 5.74) is 2.48. The number of nitrogens with zero attached hydrogens (tertiary/aromatic N) is 2. The Kier molecular flexibility index (Phi) is 3.72. The van der Waals surface area contributed by atoms with E-state index in [9.17, 15) is 8.78 Å². The van der Waals surface area contributed by atoms with Crippen LogP contribution in [0.2, 0.25) is 0 Å². The summed E-state index contributed by atoms with van der Waals surface area (Å²) in [5.74, 6) is -1.67. The van der Waals surface area contributed by atoms with Gasteiger partial charge in [-0.15, -0.1) is 0 Å². The van der Waals surface area contributed by atoms with Crippen LogP contribution in [0, 0.1) is 11.6 Å². The van der Waals surface area contributed by atoms with Gasteiger partial charge in [0.15, 0.2) is 11.6 Å². The number of rotatable bonds is 4. The van der Waals surface area contributed by atoms with Crippen molar-refractivity contribution < 1.29 is 8.78 Å². The maximum absolute atomic E-state index is 13.2. The molecule has 96 valence electrons. The second kappa shape index (κ2) is 5.27. The summed E-state index contributed by atoms with van der Waals surface area (Å²) in [5, 5.41) is 7.23. The first-order valence-corrected chi connectivity index (χ1v) is 5.74. The summed E-state index contributed by atoms with van der Waals surface area (Å²) >= 11 is 0. The first-order valence-electron chi connectivity index (χ1n) is 5.74. The summed E-state index contributed by atoms with van der Waals surface area (Å²) in [7, 11) is 3.71. The number of aryl methyl sites for hydroxylation is 1. The molecule has 0 aliphatic rings. The summed E-state index contributed by atoms with van der Waals surface area (Å²) in [6, 6.07) is 3.91. The predicted octanol–water partition coefficient (Wildman–Crippen LogP) is 2.13. The molecule has 0 radical (unpaired) electrons. The highest BCUT2D eigenvalue weighted by atomic mass is 19.2. The summed E-state index contributed by atoms with van der Waals surface area (Å²) < 4.78 is 27.9. The fraction of sp³-hybridized carbons (Fsp3) is 0.308. The monoisotopic (exact) mass is 251 g/mol. The van der Waals surface area contributed by atoms with Crippen LogP contribution in [0.25, 0.3) is 11.1 Å². The maximum atomic E-state index is 13.2. The van der Waals surface area contributed by atoms with Gasteiger partial charge in [-0.1, -0.05) is 6.07 Å². The minimum atomic E-state index is -0.837. The van der Waals surface area contributed by atoms with Gasteiger partial charge in [-0.3, -0.25) is 4.68 Å². The summed E-state index contributed by atoms with van der Waals surface area (Å²) in [4.78, 5) is 0. The Labute approximate surface area is 104 Å². The lowest BCUT2D eigenvalue weighted by Crippen LogP contribution is -2.13. The van der Waals surface area contributed by atoms with Crippen molar-refractivity contribution in [3.63, 3.8) is 0 Å². The minimum absolute atomic E-state index is 0.646. The third-order valence-electron chi connectivity index (χ3n) is 2.90. The van der Waals surface area contributed by atoms with Crippen LogP contribution in [0.15, 0.2) is 24.4 Å². The van der Waals surface area contributed by atoms with Crippen LogP contribution in [0.3, 0.4) is 0 Å². The molecule has 0 atom stereocenters. The van der Waals surface area contributed by atoms with E-state index >= 15 is 0 Å². The number of aromatic nitrogens is 2. The molecule has 2 rings (SSSR count). The highest BCUT2D eigenvalue weighted by molar-refractivity contribution is 5.65. The fourth-order valence-electron chi connectivity index (χ4n) is 1.91. The van der Waals surface area contributed by atoms with Crippen molar-refractivity contribution in [3.8, 4) is 11.1 Å². The molecular formula is C13H15F2N3. The molecule has 0 aliphatic carbocycles. The summed E-state index contributed by atoms with van der Waals surface area (Å²) in [6.45, 7) is 0.802. The zero-order valence-corrected chi connectivity index (χ0v) is 10.4. The van der Waals surface area contributed by atoms with Crippen LogP contribution in [0.5, 0.6) is 0 Å². The van der Waals surface area contributed by atoms with Crippen LogP contribution in [0.1, 0.15) is 5.69 Å². The van der Waals surface area contributed by atoms with Gasteiger partial charge in [0.2, 0.25) is 0 Å². The first-order chi connectivity index (χ1) is 8.63. The third-order valence-corrected chi connectivity index (χ3v) is 2.90. The molecule has 2 aromatic rings. The van der Waals surface area contributed by atoms with E-state index in [1.165, 1.54) is 6.07 Å². The largest absolute Gasteiger partial charge is 0.319 e. The molecule has 1 N–H and O–H groups in total. The molecule has 18 heavy (non-hydrogen) atoms. The van der Waals surface area contributed by atoms with Gasteiger partial charge < -0.3 is 5.32 Å². The third kappa shape index (κ3) is 2.41. The molecule has 0 unspecified atom stereocenters. The number of benzene rings is 1. The molecule has 0 spiro atoms. The van der Waals surface area contributed by atoms with E-state index in [0.717, 1.165) is 30.3 Å². The molecule has 0 saturated heterocycles. The van der Waals surface area contributed by atoms with Crippen molar-refractivity contribution in [2.75, 3.05) is 13.6 Å². The Morgan fingerprint density at radius 3 is 2.72 bits per heavy atom. The van der Waals surface area contributed by atoms with Crippen molar-refractivity contribution >= 4 is 0 Å². The quantitative estimate of drug-likeness (QED) is 0.902. The molecule has 1 aromatic heterocycles. The standard InChI is InChI=1S/C13H15F2N3/c1-16-6-5-13-10(8-17-18(13)2)9-3-4-11(14)12(15)7-9/h3-4,7-8,16H,5-6H2,1-2H3. The van der Waals surface area contributed by atoms with Crippen LogP contribution in [-0.2, 0) is 13.5 Å². The van der Waals surface area contributed by atoms with E-state index in [-0.39, 0.29) is 0 Å². The number of likely N-dealkylation sites (N-methyl/N-ethyl adjacent to an activating group) is 1. The molecule has 0 amide bonds. The van der Waals surface area contributed by atoms with Crippen LogP contribution in [0.4, 0.5) is 8.78 Å². The fourth-order valence-corrected chi connectivity index (χ4v) is 1.91. The van der Waals surface area contributed by atoms with Crippen molar-refractivity contribution in [1.82, 2.24) is 15.1 Å². The van der Waals surface area contributed by atoms with Gasteiger partial charge in [-0.05, 0) is 24.7 Å². The number of halogens is 2. The van der Waals surface area contributed by atoms with Crippen molar-refractivity contribution in [1.29, 1.82) is 0 Å². The van der Waals surface area contributed by atoms with E-state index in [1.807, 2.05) is 14.1 Å². The van der Waals surface area contributed by atoms with Gasteiger partial charge in [-0.2, -0.15) is 5.10 Å². The van der Waals surface area contributed by atoms with Crippen molar-refractivity contribution in [2.24, 2.45) is 7.05 Å². The van der Waals surface area contributed by atoms with Gasteiger partial charge in [0.1, 0.15) is 0 Å². The smallest absolute Gasteiger partial charge is 0.159 e. The maximum Gasteiger partial charge on any atom is 0.159 e. The lowest BCUT2D eigenvalue weighted by molar-refractivity contribution is 0.509. The Morgan fingerprint density at radius 2 is 2.06 bits per heavy atom. The molecule has 0 bridgehead atoms. The second-order valence-electron chi connectivity index (χ2n) is 4.11. The Balaban J connectivity index is 2.40. The SMILES string of the molecule is CNCCc1c(-c2ccc(F)c(F)c2)cnn1C. The zero-order valence-electron chi connectivity index (χ0n) is 10.4. The highest BCUT2D eigenvalue weighted by Gasteiger charge is 2.12. The molecule has 1 heterocycles. The van der Waals surface area contributed by atoms with Crippen LogP contribution >= 0.6 is 0 Å². The number of hydrogen-bond donors (Lipinski definition) is 1. The molecule has 3 nitrogen and oxygen atoms in total. The Morgan fingerprint density at radius 1 is 1.28 bits per heavy atom. The molecular weight excluding hydrogens is 236 g/mol. The number of hydrogen-bond acceptors (Lipinski definition) is 2. The van der Waals surface area contributed by atoms with E-state index < -0.39 is 11.6 Å². The van der Waals surface area contributed by atoms with E-state index in [1.54, 1.807) is 16.9 Å². The van der Waals surface area contributed by atoms with Gasteiger partial charge in [-0.25, -0.2) is 8.78 Å². The molecule has 0 fully saturated rings. The molecule has 1 aromatic carbocycles. The topological polar surface area (TPSA) is 29.9 Å². The number of nitrogens with one attached hydrogen (secondary N) is 1. The van der Waals surface area contributed by atoms with Gasteiger partial charge >= 0.3 is 0 Å². The normalized spacial score (nSPS) is 10.9. The molecule has 0 aliphatic heterocycles. The van der Waals surface area contributed by atoms with E-state index in [0.29, 0.717) is 5.56 Å². The van der Waals surface area contributed by atoms with Gasteiger partial charge in [0.25, 0.3) is 0 Å². The average Bonchev–Trinajstić information content (AvgIpc) is 2.72. The van der Waals surface area contributed by atoms with Crippen molar-refractivity contribution in [3.05, 3.63) is 41.7 Å². The van der Waals surface area contributed by atoms with E-state index in [4.69, 9.17) is 0 Å². The molecule has 5 heteroatoms. The second-order valence-corrected chi connectivity index (χ2v) is 4.11. The van der Waals surface area contributed by atoms with Crippen LogP contribution in [-0.4, -0.2) is 23.4 Å².